The van der Waals surface area contributed by atoms with Crippen molar-refractivity contribution in [3.8, 4) is 11.3 Å². The van der Waals surface area contributed by atoms with E-state index in [9.17, 15) is 14.9 Å². The highest BCUT2D eigenvalue weighted by atomic mass is 32.2. The molecule has 4 aromatic rings. The van der Waals surface area contributed by atoms with Crippen molar-refractivity contribution in [2.24, 2.45) is 7.05 Å². The van der Waals surface area contributed by atoms with E-state index < -0.39 is 10.2 Å². The Bertz CT molecular complexity index is 1290. The van der Waals surface area contributed by atoms with E-state index in [2.05, 4.69) is 20.5 Å². The zero-order chi connectivity index (χ0) is 23.4. The molecule has 33 heavy (non-hydrogen) atoms. The minimum Gasteiger partial charge on any atom is -0.309 e. The van der Waals surface area contributed by atoms with Crippen LogP contribution < -0.4 is 5.32 Å². The van der Waals surface area contributed by atoms with E-state index in [1.165, 1.54) is 35.2 Å². The van der Waals surface area contributed by atoms with E-state index in [0.717, 1.165) is 11.4 Å². The highest BCUT2D eigenvalue weighted by Crippen LogP contribution is 2.29. The molecule has 0 aliphatic rings. The molecular weight excluding hydrogens is 460 g/mol. The zero-order valence-corrected chi connectivity index (χ0v) is 19.5. The highest BCUT2D eigenvalue weighted by molar-refractivity contribution is 8.00. The van der Waals surface area contributed by atoms with Crippen molar-refractivity contribution < 1.29 is 9.72 Å². The van der Waals surface area contributed by atoms with Crippen molar-refractivity contribution >= 4 is 39.8 Å². The van der Waals surface area contributed by atoms with Gasteiger partial charge in [0, 0.05) is 36.5 Å². The number of nitrogens with zero attached hydrogens (tertiary/aromatic N) is 5. The van der Waals surface area contributed by atoms with Crippen LogP contribution in [0, 0.1) is 10.1 Å². The number of aromatic nitrogens is 4. The molecule has 2 aromatic carbocycles. The van der Waals surface area contributed by atoms with Crippen molar-refractivity contribution in [3.05, 3.63) is 81.5 Å². The smallest absolute Gasteiger partial charge is 0.270 e. The summed E-state index contributed by atoms with van der Waals surface area (Å²) in [5.74, 6) is 0.602. The first-order chi connectivity index (χ1) is 15.9. The third-order valence-electron chi connectivity index (χ3n) is 4.87. The van der Waals surface area contributed by atoms with E-state index in [0.29, 0.717) is 28.0 Å². The Morgan fingerprint density at radius 1 is 1.21 bits per heavy atom. The Morgan fingerprint density at radius 2 is 2.00 bits per heavy atom. The van der Waals surface area contributed by atoms with Gasteiger partial charge in [0.05, 0.1) is 15.9 Å². The summed E-state index contributed by atoms with van der Waals surface area (Å²) in [6, 6.07) is 16.2. The molecule has 2 aromatic heterocycles. The van der Waals surface area contributed by atoms with Gasteiger partial charge >= 0.3 is 0 Å². The average molecular weight is 481 g/mol. The Hall–Kier alpha value is -3.57. The molecule has 0 aliphatic heterocycles. The van der Waals surface area contributed by atoms with E-state index in [-0.39, 0.29) is 11.6 Å². The first-order valence-corrected chi connectivity index (χ1v) is 11.8. The molecule has 1 N–H and O–H groups in total. The number of hydrogen-bond donors (Lipinski definition) is 1. The van der Waals surface area contributed by atoms with Crippen LogP contribution in [0.4, 0.5) is 10.8 Å². The summed E-state index contributed by atoms with van der Waals surface area (Å²) >= 11 is 2.58. The molecule has 0 aliphatic carbocycles. The number of thiazole rings is 1. The van der Waals surface area contributed by atoms with Gasteiger partial charge < -0.3 is 9.88 Å². The second-order valence-corrected chi connectivity index (χ2v) is 9.38. The Labute approximate surface area is 198 Å². The molecule has 1 amide bonds. The Balaban J connectivity index is 1.39. The summed E-state index contributed by atoms with van der Waals surface area (Å²) in [5.41, 5.74) is 2.32. The molecule has 4 rings (SSSR count). The summed E-state index contributed by atoms with van der Waals surface area (Å²) in [7, 11) is 1.89. The van der Waals surface area contributed by atoms with Crippen LogP contribution in [0.2, 0.25) is 0 Å². The fourth-order valence-corrected chi connectivity index (χ4v) is 4.60. The van der Waals surface area contributed by atoms with Crippen molar-refractivity contribution in [1.82, 2.24) is 19.7 Å². The first kappa shape index (κ1) is 22.6. The van der Waals surface area contributed by atoms with E-state index in [4.69, 9.17) is 0 Å². The zero-order valence-electron chi connectivity index (χ0n) is 17.8. The number of rotatable bonds is 8. The molecule has 0 fully saturated rings. The third kappa shape index (κ3) is 5.44. The number of nitrogens with one attached hydrogen (secondary N) is 1. The topological polar surface area (TPSA) is 116 Å². The molecule has 168 valence electrons. The van der Waals surface area contributed by atoms with Crippen LogP contribution in [0.15, 0.2) is 65.1 Å². The fourth-order valence-electron chi connectivity index (χ4n) is 3.04. The molecule has 11 heteroatoms. The minimum atomic E-state index is -0.449. The van der Waals surface area contributed by atoms with Crippen LogP contribution >= 0.6 is 23.1 Å². The quantitative estimate of drug-likeness (QED) is 0.223. The lowest BCUT2D eigenvalue weighted by atomic mass is 10.1. The number of amides is 1. The Morgan fingerprint density at radius 3 is 2.76 bits per heavy atom. The summed E-state index contributed by atoms with van der Waals surface area (Å²) in [4.78, 5) is 27.6. The SMILES string of the molecule is C[C@@H](Sc1nnc(Cc2ccccc2)n1C)C(=O)Nc1nc(-c2cccc([N+](=O)[O-])c2)cs1. The van der Waals surface area contributed by atoms with E-state index in [1.807, 2.05) is 41.9 Å². The summed E-state index contributed by atoms with van der Waals surface area (Å²) < 4.78 is 1.89. The molecule has 0 saturated heterocycles. The summed E-state index contributed by atoms with van der Waals surface area (Å²) in [6.45, 7) is 1.79. The van der Waals surface area contributed by atoms with Gasteiger partial charge in [0.15, 0.2) is 10.3 Å². The molecule has 0 radical (unpaired) electrons. The molecule has 0 saturated carbocycles. The standard InChI is InChI=1S/C22H20N6O3S2/c1-14(33-22-26-25-19(27(22)2)11-15-7-4-3-5-8-15)20(29)24-21-23-18(13-32-21)16-9-6-10-17(12-16)28(30)31/h3-10,12-14H,11H2,1-2H3,(H,23,24,29)/t14-/m1/s1. The molecule has 2 heterocycles. The molecule has 0 unspecified atom stereocenters. The van der Waals surface area contributed by atoms with Crippen molar-refractivity contribution in [3.63, 3.8) is 0 Å². The van der Waals surface area contributed by atoms with Crippen LogP contribution in [0.5, 0.6) is 0 Å². The number of carbonyl (C=O) groups is 1. The molecule has 0 spiro atoms. The number of thioether (sulfide) groups is 1. The van der Waals surface area contributed by atoms with E-state index in [1.54, 1.807) is 24.4 Å². The molecule has 0 bridgehead atoms. The lowest BCUT2D eigenvalue weighted by Crippen LogP contribution is -2.22. The number of nitro benzene ring substituents is 1. The lowest BCUT2D eigenvalue weighted by Gasteiger charge is -2.10. The molecular formula is C22H20N6O3S2. The second-order valence-electron chi connectivity index (χ2n) is 7.21. The normalized spacial score (nSPS) is 11.8. The number of nitro groups is 1. The molecule has 1 atom stereocenters. The van der Waals surface area contributed by atoms with Gasteiger partial charge in [-0.2, -0.15) is 0 Å². The summed E-state index contributed by atoms with van der Waals surface area (Å²) in [6.07, 6.45) is 0.658. The number of hydrogen-bond acceptors (Lipinski definition) is 8. The predicted octanol–water partition coefficient (Wildman–Crippen LogP) is 4.56. The number of carbonyl (C=O) groups excluding carboxylic acids is 1. The van der Waals surface area contributed by atoms with Gasteiger partial charge in [0.1, 0.15) is 5.82 Å². The lowest BCUT2D eigenvalue weighted by molar-refractivity contribution is -0.384. The Kier molecular flexibility index (Phi) is 6.80. The van der Waals surface area contributed by atoms with Gasteiger partial charge in [-0.3, -0.25) is 14.9 Å². The largest absolute Gasteiger partial charge is 0.309 e. The monoisotopic (exact) mass is 480 g/mol. The van der Waals surface area contributed by atoms with Gasteiger partial charge in [-0.1, -0.05) is 54.2 Å². The van der Waals surface area contributed by atoms with Crippen LogP contribution in [-0.2, 0) is 18.3 Å². The third-order valence-corrected chi connectivity index (χ3v) is 6.76. The molecule has 9 nitrogen and oxygen atoms in total. The predicted molar refractivity (Wildman–Crippen MR) is 128 cm³/mol. The number of benzene rings is 2. The number of non-ortho nitro benzene ring substituents is 1. The van der Waals surface area contributed by atoms with Crippen LogP contribution in [0.1, 0.15) is 18.3 Å². The summed E-state index contributed by atoms with van der Waals surface area (Å²) in [5, 5.41) is 24.7. The minimum absolute atomic E-state index is 0.00795. The van der Waals surface area contributed by atoms with Crippen LogP contribution in [-0.4, -0.2) is 35.8 Å². The fraction of sp³-hybridized carbons (Fsp3) is 0.182. The first-order valence-electron chi connectivity index (χ1n) is 10.0. The van der Waals surface area contributed by atoms with Gasteiger partial charge in [0.25, 0.3) is 5.69 Å². The van der Waals surface area contributed by atoms with Crippen molar-refractivity contribution in [1.29, 1.82) is 0 Å². The maximum absolute atomic E-state index is 12.7. The number of anilines is 1. The van der Waals surface area contributed by atoms with Crippen molar-refractivity contribution in [2.45, 2.75) is 23.8 Å². The van der Waals surface area contributed by atoms with Gasteiger partial charge in [0.2, 0.25) is 5.91 Å². The van der Waals surface area contributed by atoms with Crippen molar-refractivity contribution in [2.75, 3.05) is 5.32 Å². The van der Waals surface area contributed by atoms with Gasteiger partial charge in [-0.05, 0) is 12.5 Å². The van der Waals surface area contributed by atoms with Gasteiger partial charge in [-0.15, -0.1) is 21.5 Å². The highest BCUT2D eigenvalue weighted by Gasteiger charge is 2.20. The average Bonchev–Trinajstić information content (AvgIpc) is 3.42. The maximum Gasteiger partial charge on any atom is 0.270 e. The van der Waals surface area contributed by atoms with Crippen LogP contribution in [0.25, 0.3) is 11.3 Å². The van der Waals surface area contributed by atoms with E-state index >= 15 is 0 Å². The maximum atomic E-state index is 12.7. The van der Waals surface area contributed by atoms with Crippen LogP contribution in [0.3, 0.4) is 0 Å². The van der Waals surface area contributed by atoms with Gasteiger partial charge in [-0.25, -0.2) is 4.98 Å². The second kappa shape index (κ2) is 9.92.